The highest BCUT2D eigenvalue weighted by Gasteiger charge is 2.10. The standard InChI is InChI=1S/C11H16O2/c1-8-5-6-10(9(2)7-8)11(12-3)13-4/h5-7,11H,1-4H3. The second-order valence-electron chi connectivity index (χ2n) is 3.16. The molecule has 0 fully saturated rings. The largest absolute Gasteiger partial charge is 0.352 e. The summed E-state index contributed by atoms with van der Waals surface area (Å²) in [5, 5.41) is 0. The molecule has 0 amide bonds. The monoisotopic (exact) mass is 180 g/mol. The zero-order valence-electron chi connectivity index (χ0n) is 8.63. The van der Waals surface area contributed by atoms with Crippen molar-refractivity contribution in [3.05, 3.63) is 34.9 Å². The van der Waals surface area contributed by atoms with E-state index < -0.39 is 0 Å². The quantitative estimate of drug-likeness (QED) is 0.666. The molecule has 0 spiro atoms. The highest BCUT2D eigenvalue weighted by atomic mass is 16.7. The first-order valence-corrected chi connectivity index (χ1v) is 4.31. The Morgan fingerprint density at radius 1 is 1.08 bits per heavy atom. The van der Waals surface area contributed by atoms with Gasteiger partial charge in [-0.05, 0) is 19.4 Å². The third kappa shape index (κ3) is 2.29. The summed E-state index contributed by atoms with van der Waals surface area (Å²) in [5.74, 6) is 0. The molecule has 0 aliphatic heterocycles. The minimum absolute atomic E-state index is 0.249. The van der Waals surface area contributed by atoms with E-state index in [1.54, 1.807) is 14.2 Å². The fraction of sp³-hybridized carbons (Fsp3) is 0.455. The van der Waals surface area contributed by atoms with Crippen LogP contribution in [0.1, 0.15) is 23.0 Å². The highest BCUT2D eigenvalue weighted by molar-refractivity contribution is 5.31. The number of methoxy groups -OCH3 is 2. The van der Waals surface area contributed by atoms with Crippen LogP contribution in [0.5, 0.6) is 0 Å². The summed E-state index contributed by atoms with van der Waals surface area (Å²) in [6, 6.07) is 6.23. The van der Waals surface area contributed by atoms with Crippen LogP contribution in [0.2, 0.25) is 0 Å². The molecular weight excluding hydrogens is 164 g/mol. The van der Waals surface area contributed by atoms with E-state index in [9.17, 15) is 0 Å². The first-order valence-electron chi connectivity index (χ1n) is 4.31. The minimum Gasteiger partial charge on any atom is -0.352 e. The van der Waals surface area contributed by atoms with E-state index in [2.05, 4.69) is 26.0 Å². The summed E-state index contributed by atoms with van der Waals surface area (Å²) in [4.78, 5) is 0. The maximum atomic E-state index is 5.18. The SMILES string of the molecule is COC(OC)c1ccc(C)cc1C. The number of benzene rings is 1. The fourth-order valence-corrected chi connectivity index (χ4v) is 1.44. The number of aryl methyl sites for hydroxylation is 2. The third-order valence-corrected chi connectivity index (χ3v) is 2.11. The Balaban J connectivity index is 2.99. The molecule has 0 bridgehead atoms. The summed E-state index contributed by atoms with van der Waals surface area (Å²) in [6.07, 6.45) is -0.249. The number of hydrogen-bond donors (Lipinski definition) is 0. The van der Waals surface area contributed by atoms with Crippen molar-refractivity contribution in [2.24, 2.45) is 0 Å². The van der Waals surface area contributed by atoms with Gasteiger partial charge in [0, 0.05) is 19.8 Å². The lowest BCUT2D eigenvalue weighted by atomic mass is 10.1. The van der Waals surface area contributed by atoms with Crippen LogP contribution in [0.4, 0.5) is 0 Å². The van der Waals surface area contributed by atoms with Gasteiger partial charge in [0.1, 0.15) is 0 Å². The molecule has 1 aromatic carbocycles. The van der Waals surface area contributed by atoms with Gasteiger partial charge in [-0.15, -0.1) is 0 Å². The second kappa shape index (κ2) is 4.40. The van der Waals surface area contributed by atoms with E-state index in [4.69, 9.17) is 9.47 Å². The Morgan fingerprint density at radius 2 is 1.69 bits per heavy atom. The van der Waals surface area contributed by atoms with Gasteiger partial charge in [0.2, 0.25) is 0 Å². The zero-order chi connectivity index (χ0) is 9.84. The third-order valence-electron chi connectivity index (χ3n) is 2.11. The van der Waals surface area contributed by atoms with Gasteiger partial charge in [0.15, 0.2) is 6.29 Å². The van der Waals surface area contributed by atoms with E-state index in [1.165, 1.54) is 11.1 Å². The van der Waals surface area contributed by atoms with E-state index in [0.29, 0.717) is 0 Å². The van der Waals surface area contributed by atoms with Crippen LogP contribution in [-0.4, -0.2) is 14.2 Å². The predicted molar refractivity (Wildman–Crippen MR) is 52.7 cm³/mol. The molecule has 0 radical (unpaired) electrons. The summed E-state index contributed by atoms with van der Waals surface area (Å²) in [5.41, 5.74) is 3.55. The molecule has 1 rings (SSSR count). The molecule has 0 aliphatic rings. The van der Waals surface area contributed by atoms with Gasteiger partial charge in [-0.1, -0.05) is 23.8 Å². The molecule has 0 saturated heterocycles. The Kier molecular flexibility index (Phi) is 3.46. The van der Waals surface area contributed by atoms with Gasteiger partial charge in [-0.25, -0.2) is 0 Å². The molecule has 0 N–H and O–H groups in total. The van der Waals surface area contributed by atoms with Crippen LogP contribution in [0.3, 0.4) is 0 Å². The average Bonchev–Trinajstić information content (AvgIpc) is 2.10. The molecule has 2 heteroatoms. The lowest BCUT2D eigenvalue weighted by molar-refractivity contribution is -0.106. The Labute approximate surface area is 79.5 Å². The van der Waals surface area contributed by atoms with Crippen LogP contribution < -0.4 is 0 Å². The van der Waals surface area contributed by atoms with Crippen molar-refractivity contribution in [1.29, 1.82) is 0 Å². The molecule has 0 saturated carbocycles. The predicted octanol–water partition coefficient (Wildman–Crippen LogP) is 2.59. The lowest BCUT2D eigenvalue weighted by Gasteiger charge is -2.16. The van der Waals surface area contributed by atoms with E-state index in [0.717, 1.165) is 5.56 Å². The van der Waals surface area contributed by atoms with Crippen molar-refractivity contribution in [3.8, 4) is 0 Å². The van der Waals surface area contributed by atoms with Crippen molar-refractivity contribution in [2.75, 3.05) is 14.2 Å². The van der Waals surface area contributed by atoms with E-state index in [-0.39, 0.29) is 6.29 Å². The summed E-state index contributed by atoms with van der Waals surface area (Å²) >= 11 is 0. The zero-order valence-corrected chi connectivity index (χ0v) is 8.63. The summed E-state index contributed by atoms with van der Waals surface area (Å²) in [7, 11) is 3.29. The van der Waals surface area contributed by atoms with Gasteiger partial charge >= 0.3 is 0 Å². The smallest absolute Gasteiger partial charge is 0.183 e. The van der Waals surface area contributed by atoms with Crippen LogP contribution >= 0.6 is 0 Å². The molecule has 0 aromatic heterocycles. The minimum atomic E-state index is -0.249. The van der Waals surface area contributed by atoms with Gasteiger partial charge in [-0.3, -0.25) is 0 Å². The maximum Gasteiger partial charge on any atom is 0.183 e. The van der Waals surface area contributed by atoms with Gasteiger partial charge in [0.25, 0.3) is 0 Å². The van der Waals surface area contributed by atoms with Crippen LogP contribution in [0.15, 0.2) is 18.2 Å². The highest BCUT2D eigenvalue weighted by Crippen LogP contribution is 2.21. The molecule has 0 heterocycles. The molecule has 2 nitrogen and oxygen atoms in total. The Morgan fingerprint density at radius 3 is 2.15 bits per heavy atom. The fourth-order valence-electron chi connectivity index (χ4n) is 1.44. The van der Waals surface area contributed by atoms with Crippen LogP contribution in [-0.2, 0) is 9.47 Å². The summed E-state index contributed by atoms with van der Waals surface area (Å²) < 4.78 is 10.4. The van der Waals surface area contributed by atoms with Gasteiger partial charge in [-0.2, -0.15) is 0 Å². The molecular formula is C11H16O2. The molecule has 0 aliphatic carbocycles. The van der Waals surface area contributed by atoms with E-state index >= 15 is 0 Å². The lowest BCUT2D eigenvalue weighted by Crippen LogP contribution is -2.05. The number of rotatable bonds is 3. The van der Waals surface area contributed by atoms with Gasteiger partial charge in [0.05, 0.1) is 0 Å². The van der Waals surface area contributed by atoms with E-state index in [1.807, 2.05) is 6.07 Å². The van der Waals surface area contributed by atoms with Gasteiger partial charge < -0.3 is 9.47 Å². The molecule has 13 heavy (non-hydrogen) atoms. The number of hydrogen-bond acceptors (Lipinski definition) is 2. The number of ether oxygens (including phenoxy) is 2. The second-order valence-corrected chi connectivity index (χ2v) is 3.16. The molecule has 1 aromatic rings. The molecule has 72 valence electrons. The average molecular weight is 180 g/mol. The molecule has 0 unspecified atom stereocenters. The normalized spacial score (nSPS) is 10.8. The Hall–Kier alpha value is -0.860. The first-order chi connectivity index (χ1) is 6.19. The van der Waals surface area contributed by atoms with Crippen molar-refractivity contribution in [2.45, 2.75) is 20.1 Å². The van der Waals surface area contributed by atoms with Crippen molar-refractivity contribution in [3.63, 3.8) is 0 Å². The topological polar surface area (TPSA) is 18.5 Å². The maximum absolute atomic E-state index is 5.18. The van der Waals surface area contributed by atoms with Crippen molar-refractivity contribution in [1.82, 2.24) is 0 Å². The van der Waals surface area contributed by atoms with Crippen molar-refractivity contribution >= 4 is 0 Å². The van der Waals surface area contributed by atoms with Crippen LogP contribution in [0, 0.1) is 13.8 Å². The Bertz CT molecular complexity index is 277. The van der Waals surface area contributed by atoms with Crippen LogP contribution in [0.25, 0.3) is 0 Å². The summed E-state index contributed by atoms with van der Waals surface area (Å²) in [6.45, 7) is 4.14. The first kappa shape index (κ1) is 10.2. The van der Waals surface area contributed by atoms with Crippen molar-refractivity contribution < 1.29 is 9.47 Å². The molecule has 0 atom stereocenters.